The minimum atomic E-state index is -0.516. The quantitative estimate of drug-likeness (QED) is 0.423. The standard InChI is InChI=1S/C26H26ClNO6/c1-3-33-25(30)15-21(28-26(31)23-12-11-22(34-23)16-24(29)32-2)13-17-7-9-18(10-8-17)19-5-4-6-20(27)14-19/h4-12,14,21H,3,13,15-16H2,1-2H3,(H,28,31). The molecule has 0 aliphatic heterocycles. The van der Waals surface area contributed by atoms with E-state index in [0.717, 1.165) is 16.7 Å². The number of furan rings is 1. The Balaban J connectivity index is 1.71. The van der Waals surface area contributed by atoms with Crippen LogP contribution in [0.25, 0.3) is 11.1 Å². The number of hydrogen-bond acceptors (Lipinski definition) is 6. The molecule has 0 saturated carbocycles. The highest BCUT2D eigenvalue weighted by Crippen LogP contribution is 2.23. The first-order valence-electron chi connectivity index (χ1n) is 10.8. The van der Waals surface area contributed by atoms with Crippen molar-refractivity contribution in [2.24, 2.45) is 0 Å². The molecule has 1 unspecified atom stereocenters. The molecule has 8 heteroatoms. The molecular formula is C26H26ClNO6. The number of ether oxygens (including phenoxy) is 2. The summed E-state index contributed by atoms with van der Waals surface area (Å²) in [6.07, 6.45) is 0.344. The Morgan fingerprint density at radius 2 is 1.76 bits per heavy atom. The van der Waals surface area contributed by atoms with Crippen molar-refractivity contribution >= 4 is 29.4 Å². The molecule has 7 nitrogen and oxygen atoms in total. The van der Waals surface area contributed by atoms with Crippen LogP contribution >= 0.6 is 11.6 Å². The number of amides is 1. The fraction of sp³-hybridized carbons (Fsp3) is 0.269. The molecule has 0 radical (unpaired) electrons. The van der Waals surface area contributed by atoms with E-state index in [-0.39, 0.29) is 25.2 Å². The molecule has 178 valence electrons. The average molecular weight is 484 g/mol. The van der Waals surface area contributed by atoms with Gasteiger partial charge in [0.1, 0.15) is 12.2 Å². The van der Waals surface area contributed by atoms with E-state index in [4.69, 9.17) is 20.8 Å². The highest BCUT2D eigenvalue weighted by Gasteiger charge is 2.21. The van der Waals surface area contributed by atoms with E-state index in [2.05, 4.69) is 10.1 Å². The van der Waals surface area contributed by atoms with Crippen LogP contribution in [-0.2, 0) is 31.9 Å². The molecule has 1 heterocycles. The number of methoxy groups -OCH3 is 1. The number of nitrogens with one attached hydrogen (secondary N) is 1. The van der Waals surface area contributed by atoms with E-state index in [1.165, 1.54) is 13.2 Å². The van der Waals surface area contributed by atoms with Gasteiger partial charge in [0.25, 0.3) is 5.91 Å². The molecule has 0 spiro atoms. The number of carbonyl (C=O) groups is 3. The summed E-state index contributed by atoms with van der Waals surface area (Å²) in [5, 5.41) is 3.50. The summed E-state index contributed by atoms with van der Waals surface area (Å²) in [5.74, 6) is -1.00. The average Bonchev–Trinajstić information content (AvgIpc) is 3.28. The third-order valence-corrected chi connectivity index (χ3v) is 5.31. The predicted molar refractivity (Wildman–Crippen MR) is 128 cm³/mol. The number of rotatable bonds is 10. The molecular weight excluding hydrogens is 458 g/mol. The molecule has 2 aromatic carbocycles. The molecule has 3 rings (SSSR count). The maximum Gasteiger partial charge on any atom is 0.313 e. The predicted octanol–water partition coefficient (Wildman–Crippen LogP) is 4.61. The van der Waals surface area contributed by atoms with E-state index < -0.39 is 23.9 Å². The van der Waals surface area contributed by atoms with Crippen molar-refractivity contribution in [2.45, 2.75) is 32.2 Å². The lowest BCUT2D eigenvalue weighted by Gasteiger charge is -2.18. The summed E-state index contributed by atoms with van der Waals surface area (Å²) in [7, 11) is 1.28. The smallest absolute Gasteiger partial charge is 0.313 e. The normalized spacial score (nSPS) is 11.5. The molecule has 3 aromatic rings. The summed E-state index contributed by atoms with van der Waals surface area (Å²) in [6, 6.07) is 17.9. The van der Waals surface area contributed by atoms with Crippen LogP contribution in [0.1, 0.15) is 35.2 Å². The van der Waals surface area contributed by atoms with Crippen LogP contribution in [0.2, 0.25) is 5.02 Å². The van der Waals surface area contributed by atoms with Gasteiger partial charge < -0.3 is 19.2 Å². The van der Waals surface area contributed by atoms with E-state index in [1.54, 1.807) is 13.0 Å². The Morgan fingerprint density at radius 1 is 1.00 bits per heavy atom. The molecule has 1 atom stereocenters. The van der Waals surface area contributed by atoms with Gasteiger partial charge in [-0.2, -0.15) is 0 Å². The second-order valence-electron chi connectivity index (χ2n) is 7.61. The molecule has 1 amide bonds. The highest BCUT2D eigenvalue weighted by atomic mass is 35.5. The Hall–Kier alpha value is -3.58. The lowest BCUT2D eigenvalue weighted by molar-refractivity contribution is -0.143. The first-order chi connectivity index (χ1) is 16.4. The maximum atomic E-state index is 12.7. The zero-order chi connectivity index (χ0) is 24.5. The SMILES string of the molecule is CCOC(=O)CC(Cc1ccc(-c2cccc(Cl)c2)cc1)NC(=O)c1ccc(CC(=O)OC)o1. The van der Waals surface area contributed by atoms with Crippen molar-refractivity contribution in [1.82, 2.24) is 5.32 Å². The van der Waals surface area contributed by atoms with Gasteiger partial charge in [-0.25, -0.2) is 0 Å². The van der Waals surface area contributed by atoms with Crippen molar-refractivity contribution in [1.29, 1.82) is 0 Å². The van der Waals surface area contributed by atoms with Gasteiger partial charge >= 0.3 is 11.9 Å². The molecule has 0 aliphatic rings. The lowest BCUT2D eigenvalue weighted by atomic mass is 9.99. The number of esters is 2. The van der Waals surface area contributed by atoms with Crippen LogP contribution in [0.3, 0.4) is 0 Å². The van der Waals surface area contributed by atoms with E-state index in [1.807, 2.05) is 48.5 Å². The van der Waals surface area contributed by atoms with Crippen molar-refractivity contribution in [3.63, 3.8) is 0 Å². The maximum absolute atomic E-state index is 12.7. The lowest BCUT2D eigenvalue weighted by Crippen LogP contribution is -2.38. The Morgan fingerprint density at radius 3 is 2.44 bits per heavy atom. The number of hydrogen-bond donors (Lipinski definition) is 1. The van der Waals surface area contributed by atoms with Gasteiger partial charge in [-0.1, -0.05) is 48.0 Å². The highest BCUT2D eigenvalue weighted by molar-refractivity contribution is 6.30. The zero-order valence-electron chi connectivity index (χ0n) is 19.0. The van der Waals surface area contributed by atoms with E-state index in [0.29, 0.717) is 17.2 Å². The Labute approximate surface area is 203 Å². The minimum Gasteiger partial charge on any atom is -0.469 e. The van der Waals surface area contributed by atoms with Gasteiger partial charge in [-0.3, -0.25) is 14.4 Å². The topological polar surface area (TPSA) is 94.8 Å². The monoisotopic (exact) mass is 483 g/mol. The summed E-state index contributed by atoms with van der Waals surface area (Å²) >= 11 is 6.09. The van der Waals surface area contributed by atoms with Gasteiger partial charge in [-0.15, -0.1) is 0 Å². The summed E-state index contributed by atoms with van der Waals surface area (Å²) in [6.45, 7) is 1.98. The zero-order valence-corrected chi connectivity index (χ0v) is 19.8. The molecule has 34 heavy (non-hydrogen) atoms. The van der Waals surface area contributed by atoms with E-state index in [9.17, 15) is 14.4 Å². The van der Waals surface area contributed by atoms with Gasteiger partial charge in [-0.05, 0) is 54.3 Å². The number of halogens is 1. The molecule has 1 aromatic heterocycles. The first-order valence-corrected chi connectivity index (χ1v) is 11.2. The van der Waals surface area contributed by atoms with E-state index >= 15 is 0 Å². The Kier molecular flexibility index (Phi) is 8.87. The van der Waals surface area contributed by atoms with Crippen molar-refractivity contribution < 1.29 is 28.3 Å². The number of benzene rings is 2. The minimum absolute atomic E-state index is 0.00531. The second-order valence-corrected chi connectivity index (χ2v) is 8.05. The number of carbonyl (C=O) groups excluding carboxylic acids is 3. The van der Waals surface area contributed by atoms with Crippen LogP contribution in [0.4, 0.5) is 0 Å². The van der Waals surface area contributed by atoms with Crippen molar-refractivity contribution in [3.8, 4) is 11.1 Å². The largest absolute Gasteiger partial charge is 0.469 e. The van der Waals surface area contributed by atoms with Gasteiger partial charge in [0.05, 0.1) is 20.1 Å². The summed E-state index contributed by atoms with van der Waals surface area (Å²) < 4.78 is 15.1. The summed E-state index contributed by atoms with van der Waals surface area (Å²) in [4.78, 5) is 36.3. The fourth-order valence-electron chi connectivity index (χ4n) is 3.45. The van der Waals surface area contributed by atoms with Crippen LogP contribution < -0.4 is 5.32 Å². The molecule has 0 aliphatic carbocycles. The van der Waals surface area contributed by atoms with Gasteiger partial charge in [0.2, 0.25) is 0 Å². The molecule has 0 bridgehead atoms. The first kappa shape index (κ1) is 25.1. The second kappa shape index (κ2) is 12.0. The van der Waals surface area contributed by atoms with Gasteiger partial charge in [0, 0.05) is 11.1 Å². The fourth-order valence-corrected chi connectivity index (χ4v) is 3.64. The third-order valence-electron chi connectivity index (χ3n) is 5.08. The van der Waals surface area contributed by atoms with Crippen molar-refractivity contribution in [2.75, 3.05) is 13.7 Å². The van der Waals surface area contributed by atoms with Crippen LogP contribution in [0.5, 0.6) is 0 Å². The molecule has 1 N–H and O–H groups in total. The summed E-state index contributed by atoms with van der Waals surface area (Å²) in [5.41, 5.74) is 2.94. The van der Waals surface area contributed by atoms with Crippen LogP contribution in [0.15, 0.2) is 65.1 Å². The van der Waals surface area contributed by atoms with Gasteiger partial charge in [0.15, 0.2) is 5.76 Å². The Bertz CT molecular complexity index is 1140. The molecule has 0 saturated heterocycles. The van der Waals surface area contributed by atoms with Crippen molar-refractivity contribution in [3.05, 3.63) is 82.8 Å². The molecule has 0 fully saturated rings. The van der Waals surface area contributed by atoms with Crippen LogP contribution in [0, 0.1) is 0 Å². The third kappa shape index (κ3) is 7.22. The van der Waals surface area contributed by atoms with Crippen LogP contribution in [-0.4, -0.2) is 37.6 Å².